The van der Waals surface area contributed by atoms with Gasteiger partial charge in [0.1, 0.15) is 11.5 Å². The Kier molecular flexibility index (Phi) is 3.40. The molecule has 2 aromatic carbocycles. The number of fused-ring (bicyclic) bond motifs is 3. The molecule has 0 radical (unpaired) electrons. The first-order valence-electron chi connectivity index (χ1n) is 7.51. The molecule has 0 saturated carbocycles. The summed E-state index contributed by atoms with van der Waals surface area (Å²) in [5.41, 5.74) is 5.43. The molecule has 2 nitrogen and oxygen atoms in total. The van der Waals surface area contributed by atoms with E-state index in [1.54, 1.807) is 14.2 Å². The Balaban J connectivity index is 2.27. The summed E-state index contributed by atoms with van der Waals surface area (Å²) >= 11 is 0. The molecule has 0 unspecified atom stereocenters. The molecule has 0 amide bonds. The third kappa shape index (κ3) is 2.01. The summed E-state index contributed by atoms with van der Waals surface area (Å²) in [5, 5.41) is 0. The molecule has 2 aromatic rings. The van der Waals surface area contributed by atoms with Crippen molar-refractivity contribution in [2.75, 3.05) is 14.2 Å². The van der Waals surface area contributed by atoms with Crippen LogP contribution >= 0.6 is 0 Å². The highest BCUT2D eigenvalue weighted by Gasteiger charge is 2.38. The lowest BCUT2D eigenvalue weighted by Crippen LogP contribution is -2.20. The molecule has 1 aliphatic carbocycles. The van der Waals surface area contributed by atoms with Crippen molar-refractivity contribution in [3.63, 3.8) is 0 Å². The van der Waals surface area contributed by atoms with Crippen LogP contribution in [-0.4, -0.2) is 14.2 Å². The second-order valence-electron chi connectivity index (χ2n) is 5.91. The SMILES string of the molecule is CCCC1(C)c2ccc(OC)cc2-c2cc(OC)ccc21. The normalized spacial score (nSPS) is 14.5. The van der Waals surface area contributed by atoms with Gasteiger partial charge in [-0.2, -0.15) is 0 Å². The van der Waals surface area contributed by atoms with E-state index in [0.717, 1.165) is 24.3 Å². The fourth-order valence-corrected chi connectivity index (χ4v) is 3.62. The summed E-state index contributed by atoms with van der Waals surface area (Å²) in [6.07, 6.45) is 2.30. The lowest BCUT2D eigenvalue weighted by atomic mass is 9.76. The number of hydrogen-bond acceptors (Lipinski definition) is 2. The fourth-order valence-electron chi connectivity index (χ4n) is 3.62. The molecule has 0 atom stereocenters. The van der Waals surface area contributed by atoms with E-state index in [-0.39, 0.29) is 5.41 Å². The van der Waals surface area contributed by atoms with Gasteiger partial charge in [-0.3, -0.25) is 0 Å². The Hall–Kier alpha value is -1.96. The number of methoxy groups -OCH3 is 2. The van der Waals surface area contributed by atoms with Gasteiger partial charge in [0.2, 0.25) is 0 Å². The van der Waals surface area contributed by atoms with E-state index in [9.17, 15) is 0 Å². The van der Waals surface area contributed by atoms with E-state index >= 15 is 0 Å². The summed E-state index contributed by atoms with van der Waals surface area (Å²) < 4.78 is 10.8. The molecule has 0 heterocycles. The van der Waals surface area contributed by atoms with Crippen LogP contribution in [0.2, 0.25) is 0 Å². The van der Waals surface area contributed by atoms with Gasteiger partial charge in [0.15, 0.2) is 0 Å². The number of benzene rings is 2. The molecular weight excluding hydrogens is 260 g/mol. The van der Waals surface area contributed by atoms with Crippen LogP contribution in [0.4, 0.5) is 0 Å². The first kappa shape index (κ1) is 14.0. The highest BCUT2D eigenvalue weighted by Crippen LogP contribution is 2.52. The van der Waals surface area contributed by atoms with Gasteiger partial charge in [-0.1, -0.05) is 32.4 Å². The lowest BCUT2D eigenvalue weighted by molar-refractivity contribution is 0.414. The van der Waals surface area contributed by atoms with Crippen LogP contribution in [0, 0.1) is 0 Å². The summed E-state index contributed by atoms with van der Waals surface area (Å²) in [5.74, 6) is 1.81. The third-order valence-electron chi connectivity index (χ3n) is 4.68. The predicted octanol–water partition coefficient (Wildman–Crippen LogP) is 4.79. The fraction of sp³-hybridized carbons (Fsp3) is 0.368. The molecule has 0 bridgehead atoms. The van der Waals surface area contributed by atoms with E-state index in [1.165, 1.54) is 22.3 Å². The van der Waals surface area contributed by atoms with Crippen molar-refractivity contribution in [3.05, 3.63) is 47.5 Å². The van der Waals surface area contributed by atoms with Crippen LogP contribution in [0.25, 0.3) is 11.1 Å². The van der Waals surface area contributed by atoms with Crippen LogP contribution in [0.15, 0.2) is 36.4 Å². The van der Waals surface area contributed by atoms with Crippen LogP contribution < -0.4 is 9.47 Å². The smallest absolute Gasteiger partial charge is 0.119 e. The van der Waals surface area contributed by atoms with Gasteiger partial charge in [0.05, 0.1) is 14.2 Å². The topological polar surface area (TPSA) is 18.5 Å². The molecule has 0 spiro atoms. The first-order chi connectivity index (χ1) is 10.1. The zero-order chi connectivity index (χ0) is 15.0. The van der Waals surface area contributed by atoms with Crippen LogP contribution in [-0.2, 0) is 5.41 Å². The monoisotopic (exact) mass is 282 g/mol. The molecule has 0 N–H and O–H groups in total. The lowest BCUT2D eigenvalue weighted by Gasteiger charge is -2.27. The van der Waals surface area contributed by atoms with E-state index < -0.39 is 0 Å². The van der Waals surface area contributed by atoms with Crippen molar-refractivity contribution < 1.29 is 9.47 Å². The maximum atomic E-state index is 5.41. The van der Waals surface area contributed by atoms with E-state index in [4.69, 9.17) is 9.47 Å². The molecule has 2 heteroatoms. The van der Waals surface area contributed by atoms with Crippen molar-refractivity contribution in [2.24, 2.45) is 0 Å². The minimum absolute atomic E-state index is 0.0813. The zero-order valence-corrected chi connectivity index (χ0v) is 13.2. The maximum absolute atomic E-state index is 5.41. The Labute approximate surface area is 126 Å². The van der Waals surface area contributed by atoms with Gasteiger partial charge in [0, 0.05) is 5.41 Å². The average Bonchev–Trinajstić information content (AvgIpc) is 2.76. The molecule has 3 rings (SSSR count). The number of ether oxygens (including phenoxy) is 2. The number of rotatable bonds is 4. The quantitative estimate of drug-likeness (QED) is 0.802. The molecule has 1 aliphatic rings. The van der Waals surface area contributed by atoms with Crippen molar-refractivity contribution in [1.29, 1.82) is 0 Å². The average molecular weight is 282 g/mol. The van der Waals surface area contributed by atoms with Gasteiger partial charge in [-0.25, -0.2) is 0 Å². The second-order valence-corrected chi connectivity index (χ2v) is 5.91. The molecular formula is C19H22O2. The summed E-state index contributed by atoms with van der Waals surface area (Å²) in [6.45, 7) is 4.59. The minimum Gasteiger partial charge on any atom is -0.497 e. The Bertz CT molecular complexity index is 620. The van der Waals surface area contributed by atoms with Crippen molar-refractivity contribution in [2.45, 2.75) is 32.1 Å². The first-order valence-corrected chi connectivity index (χ1v) is 7.51. The summed E-state index contributed by atoms with van der Waals surface area (Å²) in [6, 6.07) is 12.9. The highest BCUT2D eigenvalue weighted by molar-refractivity contribution is 5.82. The van der Waals surface area contributed by atoms with Crippen LogP contribution in [0.3, 0.4) is 0 Å². The standard InChI is InChI=1S/C19H22O2/c1-5-10-19(2)17-8-6-13(20-3)11-15(17)16-12-14(21-4)7-9-18(16)19/h6-9,11-12H,5,10H2,1-4H3. The van der Waals surface area contributed by atoms with Gasteiger partial charge >= 0.3 is 0 Å². The third-order valence-corrected chi connectivity index (χ3v) is 4.68. The summed E-state index contributed by atoms with van der Waals surface area (Å²) in [4.78, 5) is 0. The predicted molar refractivity (Wildman–Crippen MR) is 86.3 cm³/mol. The van der Waals surface area contributed by atoms with Gasteiger partial charge < -0.3 is 9.47 Å². The van der Waals surface area contributed by atoms with E-state index in [2.05, 4.69) is 50.2 Å². The van der Waals surface area contributed by atoms with Gasteiger partial charge in [-0.05, 0) is 52.9 Å². The Morgan fingerprint density at radius 3 is 1.71 bits per heavy atom. The Morgan fingerprint density at radius 1 is 0.857 bits per heavy atom. The maximum Gasteiger partial charge on any atom is 0.119 e. The van der Waals surface area contributed by atoms with Crippen molar-refractivity contribution >= 4 is 0 Å². The molecule has 0 aromatic heterocycles. The minimum atomic E-state index is 0.0813. The Morgan fingerprint density at radius 2 is 1.33 bits per heavy atom. The van der Waals surface area contributed by atoms with E-state index in [1.807, 2.05) is 0 Å². The van der Waals surface area contributed by atoms with Crippen molar-refractivity contribution in [3.8, 4) is 22.6 Å². The largest absolute Gasteiger partial charge is 0.497 e. The molecule has 0 aliphatic heterocycles. The van der Waals surface area contributed by atoms with Crippen LogP contribution in [0.1, 0.15) is 37.8 Å². The molecule has 0 fully saturated rings. The second kappa shape index (κ2) is 5.10. The number of hydrogen-bond donors (Lipinski definition) is 0. The molecule has 21 heavy (non-hydrogen) atoms. The molecule has 0 saturated heterocycles. The molecule has 110 valence electrons. The van der Waals surface area contributed by atoms with Gasteiger partial charge in [-0.15, -0.1) is 0 Å². The highest BCUT2D eigenvalue weighted by atomic mass is 16.5. The van der Waals surface area contributed by atoms with Gasteiger partial charge in [0.25, 0.3) is 0 Å². The summed E-state index contributed by atoms with van der Waals surface area (Å²) in [7, 11) is 3.43. The van der Waals surface area contributed by atoms with Crippen LogP contribution in [0.5, 0.6) is 11.5 Å². The van der Waals surface area contributed by atoms with Crippen molar-refractivity contribution in [1.82, 2.24) is 0 Å². The zero-order valence-electron chi connectivity index (χ0n) is 13.2. The van der Waals surface area contributed by atoms with E-state index in [0.29, 0.717) is 0 Å².